The number of aliphatic hydroxyl groups is 1. The van der Waals surface area contributed by atoms with Crippen LogP contribution >= 0.6 is 0 Å². The van der Waals surface area contributed by atoms with E-state index in [0.29, 0.717) is 24.7 Å². The third-order valence-electron chi connectivity index (χ3n) is 3.62. The van der Waals surface area contributed by atoms with E-state index in [2.05, 4.69) is 25.4 Å². The summed E-state index contributed by atoms with van der Waals surface area (Å²) in [7, 11) is 1.84. The maximum atomic E-state index is 9.71. The van der Waals surface area contributed by atoms with E-state index in [1.54, 1.807) is 10.9 Å². The number of hydrogen-bond acceptors (Lipinski definition) is 7. The molecule has 8 nitrogen and oxygen atoms in total. The number of β-amino-alcohol motifs (C(OH)–C–C–N with tert-alkyl or cyclic N) is 1. The first-order valence-corrected chi connectivity index (χ1v) is 6.73. The summed E-state index contributed by atoms with van der Waals surface area (Å²) in [5.41, 5.74) is 3.35. The molecule has 2 aromatic heterocycles. The van der Waals surface area contributed by atoms with Gasteiger partial charge in [-0.3, -0.25) is 9.58 Å². The highest BCUT2D eigenvalue weighted by Crippen LogP contribution is 2.20. The molecule has 4 N–H and O–H groups in total. The Bertz CT molecular complexity index is 611. The maximum Gasteiger partial charge on any atom is 0.163 e. The lowest BCUT2D eigenvalue weighted by atomic mass is 10.1. The van der Waals surface area contributed by atoms with Gasteiger partial charge in [0.2, 0.25) is 0 Å². The molecule has 0 radical (unpaired) electrons. The van der Waals surface area contributed by atoms with Crippen molar-refractivity contribution in [1.82, 2.24) is 24.6 Å². The number of fused-ring (bicyclic) bond motifs is 1. The molecular weight excluding hydrogens is 258 g/mol. The summed E-state index contributed by atoms with van der Waals surface area (Å²) in [6.07, 6.45) is 3.31. The zero-order valence-corrected chi connectivity index (χ0v) is 11.5. The Morgan fingerprint density at radius 2 is 2.35 bits per heavy atom. The molecular formula is C12H19N7O. The second-order valence-electron chi connectivity index (χ2n) is 5.17. The van der Waals surface area contributed by atoms with Crippen molar-refractivity contribution in [3.05, 3.63) is 12.0 Å². The average Bonchev–Trinajstić information content (AvgIpc) is 2.80. The number of hydrazine groups is 1. The molecule has 8 heteroatoms. The Labute approximate surface area is 116 Å². The van der Waals surface area contributed by atoms with Crippen molar-refractivity contribution in [1.29, 1.82) is 0 Å². The predicted molar refractivity (Wildman–Crippen MR) is 74.6 cm³/mol. The molecule has 0 aromatic carbocycles. The van der Waals surface area contributed by atoms with Crippen LogP contribution in [0.1, 0.15) is 18.7 Å². The number of nitrogens with zero attached hydrogens (tertiary/aromatic N) is 5. The van der Waals surface area contributed by atoms with Crippen LogP contribution in [0.2, 0.25) is 0 Å². The van der Waals surface area contributed by atoms with Gasteiger partial charge in [-0.15, -0.1) is 0 Å². The van der Waals surface area contributed by atoms with Crippen molar-refractivity contribution in [2.75, 3.05) is 18.5 Å². The number of aliphatic hydroxyl groups excluding tert-OH is 1. The van der Waals surface area contributed by atoms with Crippen LogP contribution in [0.4, 0.5) is 5.82 Å². The molecule has 0 amide bonds. The molecule has 1 unspecified atom stereocenters. The molecule has 3 rings (SSSR count). The number of likely N-dealkylation sites (tertiary alicyclic amines) is 1. The summed E-state index contributed by atoms with van der Waals surface area (Å²) in [6, 6.07) is 0. The van der Waals surface area contributed by atoms with Crippen molar-refractivity contribution >= 4 is 16.9 Å². The summed E-state index contributed by atoms with van der Waals surface area (Å²) in [5, 5.41) is 14.7. The van der Waals surface area contributed by atoms with Crippen molar-refractivity contribution in [2.24, 2.45) is 12.9 Å². The standard InChI is InChI=1S/C12H19N7O/c1-18-12-9(5-14-18)11(17-13)15-10(16-12)7-19-4-2-3-8(20)6-19/h5,8,20H,2-4,6-7,13H2,1H3,(H,15,16,17). The number of aryl methyl sites for hydroxylation is 1. The molecule has 3 heterocycles. The predicted octanol–water partition coefficient (Wildman–Crippen LogP) is -0.394. The molecule has 0 bridgehead atoms. The molecule has 1 saturated heterocycles. The minimum absolute atomic E-state index is 0.253. The topological polar surface area (TPSA) is 105 Å². The second-order valence-corrected chi connectivity index (χ2v) is 5.17. The Morgan fingerprint density at radius 3 is 3.10 bits per heavy atom. The summed E-state index contributed by atoms with van der Waals surface area (Å²) < 4.78 is 1.70. The molecule has 0 saturated carbocycles. The van der Waals surface area contributed by atoms with E-state index < -0.39 is 0 Å². The Morgan fingerprint density at radius 1 is 1.50 bits per heavy atom. The van der Waals surface area contributed by atoms with Crippen LogP contribution in [-0.4, -0.2) is 48.9 Å². The van der Waals surface area contributed by atoms with Crippen LogP contribution in [-0.2, 0) is 13.6 Å². The number of nitrogen functional groups attached to an aromatic ring is 1. The third-order valence-corrected chi connectivity index (χ3v) is 3.62. The van der Waals surface area contributed by atoms with Gasteiger partial charge in [-0.1, -0.05) is 0 Å². The van der Waals surface area contributed by atoms with Crippen LogP contribution < -0.4 is 11.3 Å². The lowest BCUT2D eigenvalue weighted by molar-refractivity contribution is 0.0656. The highest BCUT2D eigenvalue weighted by Gasteiger charge is 2.19. The number of anilines is 1. The van der Waals surface area contributed by atoms with Gasteiger partial charge in [-0.05, 0) is 19.4 Å². The van der Waals surface area contributed by atoms with Gasteiger partial charge in [-0.25, -0.2) is 15.8 Å². The minimum atomic E-state index is -0.253. The highest BCUT2D eigenvalue weighted by molar-refractivity contribution is 5.86. The van der Waals surface area contributed by atoms with E-state index in [4.69, 9.17) is 5.84 Å². The lowest BCUT2D eigenvalue weighted by Gasteiger charge is -2.29. The Hall–Kier alpha value is -1.77. The molecule has 20 heavy (non-hydrogen) atoms. The van der Waals surface area contributed by atoms with Gasteiger partial charge >= 0.3 is 0 Å². The fourth-order valence-electron chi connectivity index (χ4n) is 2.62. The van der Waals surface area contributed by atoms with Crippen LogP contribution in [0.15, 0.2) is 6.20 Å². The maximum absolute atomic E-state index is 9.71. The molecule has 0 aliphatic carbocycles. The van der Waals surface area contributed by atoms with Crippen LogP contribution in [0.5, 0.6) is 0 Å². The fraction of sp³-hybridized carbons (Fsp3) is 0.583. The first-order valence-electron chi connectivity index (χ1n) is 6.73. The first-order chi connectivity index (χ1) is 9.67. The molecule has 1 aliphatic heterocycles. The van der Waals surface area contributed by atoms with Crippen molar-refractivity contribution in [3.8, 4) is 0 Å². The van der Waals surface area contributed by atoms with Crippen molar-refractivity contribution in [3.63, 3.8) is 0 Å². The van der Waals surface area contributed by atoms with Crippen LogP contribution in [0.3, 0.4) is 0 Å². The Balaban J connectivity index is 1.89. The third kappa shape index (κ3) is 2.45. The Kier molecular flexibility index (Phi) is 3.51. The van der Waals surface area contributed by atoms with Gasteiger partial charge in [0.15, 0.2) is 11.5 Å². The summed E-state index contributed by atoms with van der Waals surface area (Å²) in [5.74, 6) is 6.78. The van der Waals surface area contributed by atoms with Gasteiger partial charge in [0.25, 0.3) is 0 Å². The molecule has 1 aliphatic rings. The fourth-order valence-corrected chi connectivity index (χ4v) is 2.62. The van der Waals surface area contributed by atoms with Gasteiger partial charge in [0.1, 0.15) is 5.82 Å². The van der Waals surface area contributed by atoms with Crippen LogP contribution in [0, 0.1) is 0 Å². The SMILES string of the molecule is Cn1ncc2c(NN)nc(CN3CCCC(O)C3)nc21. The highest BCUT2D eigenvalue weighted by atomic mass is 16.3. The van der Waals surface area contributed by atoms with E-state index in [-0.39, 0.29) is 6.10 Å². The molecule has 0 spiro atoms. The average molecular weight is 277 g/mol. The van der Waals surface area contributed by atoms with Gasteiger partial charge < -0.3 is 10.5 Å². The molecule has 1 fully saturated rings. The van der Waals surface area contributed by atoms with E-state index >= 15 is 0 Å². The number of nitrogens with one attached hydrogen (secondary N) is 1. The summed E-state index contributed by atoms with van der Waals surface area (Å²) in [6.45, 7) is 2.22. The molecule has 108 valence electrons. The van der Waals surface area contributed by atoms with Gasteiger partial charge in [0, 0.05) is 13.6 Å². The first kappa shape index (κ1) is 13.2. The largest absolute Gasteiger partial charge is 0.392 e. The van der Waals surface area contributed by atoms with Gasteiger partial charge in [0.05, 0.1) is 24.2 Å². The molecule has 1 atom stereocenters. The summed E-state index contributed by atoms with van der Waals surface area (Å²) >= 11 is 0. The smallest absolute Gasteiger partial charge is 0.163 e. The van der Waals surface area contributed by atoms with Crippen molar-refractivity contribution < 1.29 is 5.11 Å². The number of nitrogens with two attached hydrogens (primary N) is 1. The summed E-state index contributed by atoms with van der Waals surface area (Å²) in [4.78, 5) is 11.1. The van der Waals surface area contributed by atoms with Crippen molar-refractivity contribution in [2.45, 2.75) is 25.5 Å². The van der Waals surface area contributed by atoms with E-state index in [0.717, 1.165) is 30.4 Å². The quantitative estimate of drug-likeness (QED) is 0.518. The lowest BCUT2D eigenvalue weighted by Crippen LogP contribution is -2.38. The monoisotopic (exact) mass is 277 g/mol. The zero-order valence-electron chi connectivity index (χ0n) is 11.5. The molecule has 2 aromatic rings. The van der Waals surface area contributed by atoms with E-state index in [9.17, 15) is 5.11 Å². The second kappa shape index (κ2) is 5.31. The number of rotatable bonds is 3. The van der Waals surface area contributed by atoms with Crippen LogP contribution in [0.25, 0.3) is 11.0 Å². The van der Waals surface area contributed by atoms with Gasteiger partial charge in [-0.2, -0.15) is 5.10 Å². The zero-order chi connectivity index (χ0) is 14.1. The normalized spacial score (nSPS) is 20.4. The number of piperidine rings is 1. The van der Waals surface area contributed by atoms with E-state index in [1.807, 2.05) is 7.05 Å². The number of aromatic nitrogens is 4. The van der Waals surface area contributed by atoms with E-state index in [1.165, 1.54) is 0 Å². The minimum Gasteiger partial charge on any atom is -0.392 e. The number of hydrogen-bond donors (Lipinski definition) is 3.